The van der Waals surface area contributed by atoms with Crippen molar-refractivity contribution >= 4 is 33.4 Å². The molecule has 0 saturated carbocycles. The van der Waals surface area contributed by atoms with Crippen LogP contribution in [-0.2, 0) is 16.0 Å². The minimum Gasteiger partial charge on any atom is -0.475 e. The Bertz CT molecular complexity index is 471. The Morgan fingerprint density at radius 2 is 2.06 bits per heavy atom. The van der Waals surface area contributed by atoms with Crippen LogP contribution < -0.4 is 0 Å². The lowest BCUT2D eigenvalue weighted by atomic mass is 10.1. The normalized spacial score (nSPS) is 9.81. The fourth-order valence-electron chi connectivity index (χ4n) is 1.04. The molecule has 16 heavy (non-hydrogen) atoms. The van der Waals surface area contributed by atoms with Gasteiger partial charge in [0.2, 0.25) is 5.78 Å². The highest BCUT2D eigenvalue weighted by atomic mass is 79.9. The summed E-state index contributed by atoms with van der Waals surface area (Å²) in [6, 6.07) is 3.79. The summed E-state index contributed by atoms with van der Waals surface area (Å²) in [5, 5.41) is 18.8. The van der Waals surface area contributed by atoms with Crippen LogP contribution in [0.2, 0.25) is 0 Å². The van der Waals surface area contributed by atoms with E-state index in [1.165, 1.54) is 18.2 Å². The van der Waals surface area contributed by atoms with Crippen molar-refractivity contribution in [2.45, 2.75) is 6.42 Å². The summed E-state index contributed by atoms with van der Waals surface area (Å²) in [4.78, 5) is 31.1. The van der Waals surface area contributed by atoms with E-state index >= 15 is 0 Å². The Balaban J connectivity index is 2.96. The molecule has 1 N–H and O–H groups in total. The number of ketones is 1. The number of benzene rings is 1. The molecule has 0 amide bonds. The van der Waals surface area contributed by atoms with E-state index < -0.39 is 16.7 Å². The fourth-order valence-corrected chi connectivity index (χ4v) is 1.55. The van der Waals surface area contributed by atoms with Crippen LogP contribution >= 0.6 is 15.9 Å². The highest BCUT2D eigenvalue weighted by molar-refractivity contribution is 9.10. The number of halogens is 1. The van der Waals surface area contributed by atoms with Gasteiger partial charge in [-0.2, -0.15) is 0 Å². The van der Waals surface area contributed by atoms with Gasteiger partial charge < -0.3 is 5.11 Å². The van der Waals surface area contributed by atoms with Gasteiger partial charge in [0.05, 0.1) is 4.92 Å². The zero-order valence-corrected chi connectivity index (χ0v) is 9.43. The molecule has 0 unspecified atom stereocenters. The molecule has 0 spiro atoms. The van der Waals surface area contributed by atoms with Crippen molar-refractivity contribution < 1.29 is 19.6 Å². The molecule has 0 aromatic heterocycles. The lowest BCUT2D eigenvalue weighted by molar-refractivity contribution is -0.384. The number of non-ortho nitro benzene ring substituents is 1. The van der Waals surface area contributed by atoms with Crippen molar-refractivity contribution in [2.24, 2.45) is 0 Å². The number of nitro benzene ring substituents is 1. The largest absolute Gasteiger partial charge is 0.475 e. The number of carbonyl (C=O) groups is 2. The van der Waals surface area contributed by atoms with Crippen molar-refractivity contribution in [3.8, 4) is 0 Å². The van der Waals surface area contributed by atoms with Gasteiger partial charge in [-0.1, -0.05) is 22.0 Å². The molecular formula is C9H6BrNO5. The molecule has 0 atom stereocenters. The Morgan fingerprint density at radius 1 is 1.44 bits per heavy atom. The summed E-state index contributed by atoms with van der Waals surface area (Å²) in [6.07, 6.45) is -0.298. The zero-order valence-electron chi connectivity index (χ0n) is 7.84. The van der Waals surface area contributed by atoms with Gasteiger partial charge in [-0.25, -0.2) is 4.79 Å². The van der Waals surface area contributed by atoms with E-state index in [1.54, 1.807) is 0 Å². The topological polar surface area (TPSA) is 97.5 Å². The van der Waals surface area contributed by atoms with E-state index in [-0.39, 0.29) is 12.1 Å². The molecule has 1 rings (SSSR count). The number of aliphatic carboxylic acids is 1. The summed E-state index contributed by atoms with van der Waals surface area (Å²) < 4.78 is 0.344. The van der Waals surface area contributed by atoms with Gasteiger partial charge in [0.25, 0.3) is 5.69 Å². The predicted molar refractivity (Wildman–Crippen MR) is 57.1 cm³/mol. The minimum absolute atomic E-state index is 0.126. The van der Waals surface area contributed by atoms with Crippen molar-refractivity contribution in [1.29, 1.82) is 0 Å². The molecule has 0 bridgehead atoms. The number of carbonyl (C=O) groups excluding carboxylic acids is 1. The highest BCUT2D eigenvalue weighted by Gasteiger charge is 2.16. The second-order valence-corrected chi connectivity index (χ2v) is 3.79. The maximum absolute atomic E-state index is 10.9. The number of nitrogens with zero attached hydrogens (tertiary/aromatic N) is 1. The first-order valence-corrected chi connectivity index (χ1v) is 4.90. The van der Waals surface area contributed by atoms with Gasteiger partial charge in [0.1, 0.15) is 0 Å². The molecule has 0 saturated heterocycles. The van der Waals surface area contributed by atoms with E-state index in [0.717, 1.165) is 0 Å². The lowest BCUT2D eigenvalue weighted by Gasteiger charge is -2.01. The standard InChI is InChI=1S/C9H6BrNO5/c10-7-4-6(11(15)16)2-1-5(7)3-8(12)9(13)14/h1-2,4H,3H2,(H,13,14). The van der Waals surface area contributed by atoms with Crippen LogP contribution in [0, 0.1) is 10.1 Å². The molecule has 1 aromatic carbocycles. The molecule has 0 fully saturated rings. The van der Waals surface area contributed by atoms with Crippen molar-refractivity contribution in [3.63, 3.8) is 0 Å². The minimum atomic E-state index is -1.52. The van der Waals surface area contributed by atoms with Gasteiger partial charge in [-0.05, 0) is 5.56 Å². The summed E-state index contributed by atoms with van der Waals surface area (Å²) in [7, 11) is 0. The van der Waals surface area contributed by atoms with Gasteiger partial charge in [-0.3, -0.25) is 14.9 Å². The Morgan fingerprint density at radius 3 is 2.50 bits per heavy atom. The number of nitro groups is 1. The first-order valence-electron chi connectivity index (χ1n) is 4.10. The van der Waals surface area contributed by atoms with Crippen LogP contribution in [0.3, 0.4) is 0 Å². The quantitative estimate of drug-likeness (QED) is 0.515. The Labute approximate surface area is 98.2 Å². The van der Waals surface area contributed by atoms with Crippen molar-refractivity contribution in [3.05, 3.63) is 38.3 Å². The smallest absolute Gasteiger partial charge is 0.372 e. The molecule has 0 heterocycles. The van der Waals surface area contributed by atoms with Crippen LogP contribution in [0.15, 0.2) is 22.7 Å². The molecule has 0 aliphatic rings. The predicted octanol–water partition coefficient (Wildman–Crippen LogP) is 1.55. The van der Waals surface area contributed by atoms with E-state index in [0.29, 0.717) is 10.0 Å². The van der Waals surface area contributed by atoms with Gasteiger partial charge >= 0.3 is 5.97 Å². The molecule has 6 nitrogen and oxygen atoms in total. The SMILES string of the molecule is O=C(O)C(=O)Cc1ccc([N+](=O)[O-])cc1Br. The first kappa shape index (κ1) is 12.3. The van der Waals surface area contributed by atoms with Crippen molar-refractivity contribution in [1.82, 2.24) is 0 Å². The summed E-state index contributed by atoms with van der Waals surface area (Å²) in [5.41, 5.74) is 0.274. The molecule has 1 aromatic rings. The van der Waals surface area contributed by atoms with Crippen molar-refractivity contribution in [2.75, 3.05) is 0 Å². The lowest BCUT2D eigenvalue weighted by Crippen LogP contribution is -2.15. The molecule has 0 aliphatic carbocycles. The number of Topliss-reactive ketones (excluding diaryl/α,β-unsaturated/α-hetero) is 1. The third-order valence-corrected chi connectivity index (χ3v) is 2.58. The Kier molecular flexibility index (Phi) is 3.73. The first-order chi connectivity index (χ1) is 7.41. The van der Waals surface area contributed by atoms with Gasteiger partial charge in [0, 0.05) is 23.0 Å². The van der Waals surface area contributed by atoms with Crippen LogP contribution in [0.5, 0.6) is 0 Å². The average molecular weight is 288 g/mol. The maximum Gasteiger partial charge on any atom is 0.372 e. The van der Waals surface area contributed by atoms with E-state index in [9.17, 15) is 19.7 Å². The second kappa shape index (κ2) is 4.84. The number of rotatable bonds is 4. The summed E-state index contributed by atoms with van der Waals surface area (Å²) in [6.45, 7) is 0. The second-order valence-electron chi connectivity index (χ2n) is 2.94. The average Bonchev–Trinajstić information content (AvgIpc) is 2.20. The van der Waals surface area contributed by atoms with Gasteiger partial charge in [0.15, 0.2) is 0 Å². The van der Waals surface area contributed by atoms with E-state index in [4.69, 9.17) is 5.11 Å². The number of carboxylic acid groups (broad SMARTS) is 1. The van der Waals surface area contributed by atoms with E-state index in [1.807, 2.05) is 0 Å². The molecule has 0 radical (unpaired) electrons. The van der Waals surface area contributed by atoms with Gasteiger partial charge in [-0.15, -0.1) is 0 Å². The van der Waals surface area contributed by atoms with Crippen LogP contribution in [0.4, 0.5) is 5.69 Å². The summed E-state index contributed by atoms with van der Waals surface area (Å²) >= 11 is 3.04. The monoisotopic (exact) mass is 287 g/mol. The van der Waals surface area contributed by atoms with Crippen LogP contribution in [0.1, 0.15) is 5.56 Å². The molecule has 7 heteroatoms. The number of carboxylic acids is 1. The highest BCUT2D eigenvalue weighted by Crippen LogP contribution is 2.23. The molecular weight excluding hydrogens is 282 g/mol. The van der Waals surface area contributed by atoms with Crippen LogP contribution in [0.25, 0.3) is 0 Å². The zero-order chi connectivity index (χ0) is 12.3. The number of hydrogen-bond donors (Lipinski definition) is 1. The fraction of sp³-hybridized carbons (Fsp3) is 0.111. The third-order valence-electron chi connectivity index (χ3n) is 1.84. The number of hydrogen-bond acceptors (Lipinski definition) is 4. The Hall–Kier alpha value is -1.76. The summed E-state index contributed by atoms with van der Waals surface area (Å²) in [5.74, 6) is -2.49. The molecule has 0 aliphatic heterocycles. The molecule has 84 valence electrons. The third kappa shape index (κ3) is 2.86. The van der Waals surface area contributed by atoms with E-state index in [2.05, 4.69) is 15.9 Å². The maximum atomic E-state index is 10.9. The van der Waals surface area contributed by atoms with Crippen LogP contribution in [-0.4, -0.2) is 21.8 Å².